The highest BCUT2D eigenvalue weighted by molar-refractivity contribution is 8.04. The summed E-state index contributed by atoms with van der Waals surface area (Å²) in [7, 11) is -7.42. The maximum absolute atomic E-state index is 12.1. The van der Waals surface area contributed by atoms with Gasteiger partial charge in [0.15, 0.2) is 12.2 Å². The zero-order valence-electron chi connectivity index (χ0n) is 13.3. The first-order valence-corrected chi connectivity index (χ1v) is 9.37. The summed E-state index contributed by atoms with van der Waals surface area (Å²) in [6, 6.07) is 0. The van der Waals surface area contributed by atoms with Crippen LogP contribution in [0.25, 0.3) is 0 Å². The van der Waals surface area contributed by atoms with Gasteiger partial charge in [0.05, 0.1) is 14.2 Å². The molecule has 0 heterocycles. The number of hydrogen-bond acceptors (Lipinski definition) is 10. The highest BCUT2D eigenvalue weighted by atomic mass is 32.3. The summed E-state index contributed by atoms with van der Waals surface area (Å²) in [6.07, 6.45) is -3.49. The van der Waals surface area contributed by atoms with Gasteiger partial charge in [0.2, 0.25) is 4.58 Å². The fourth-order valence-electron chi connectivity index (χ4n) is 1.49. The molecule has 0 saturated heterocycles. The minimum atomic E-state index is -4.73. The van der Waals surface area contributed by atoms with Crippen molar-refractivity contribution in [3.05, 3.63) is 0 Å². The van der Waals surface area contributed by atoms with E-state index in [0.29, 0.717) is 0 Å². The first-order chi connectivity index (χ1) is 10.4. The summed E-state index contributed by atoms with van der Waals surface area (Å²) in [6.45, 7) is 3.43. The van der Waals surface area contributed by atoms with E-state index in [1.54, 1.807) is 0 Å². The number of ether oxygens (including phenoxy) is 2. The van der Waals surface area contributed by atoms with Crippen molar-refractivity contribution >= 4 is 32.2 Å². The van der Waals surface area contributed by atoms with Crippen LogP contribution in [0.1, 0.15) is 27.2 Å². The SMILES string of the molecule is CCC(S(=O)(=O)OC(C)C(=O)OC)S(=O)(=O)OC(C)C(=O)OC. The van der Waals surface area contributed by atoms with E-state index < -0.39 is 55.4 Å². The molecule has 2 atom stereocenters. The molecule has 2 unspecified atom stereocenters. The lowest BCUT2D eigenvalue weighted by Gasteiger charge is -2.19. The van der Waals surface area contributed by atoms with Crippen molar-refractivity contribution in [3.63, 3.8) is 0 Å². The maximum atomic E-state index is 12.1. The lowest BCUT2D eigenvalue weighted by molar-refractivity contribution is -0.148. The predicted octanol–water partition coefficient (Wildman–Crippen LogP) is -0.462. The number of carbonyl (C=O) groups is 2. The standard InChI is InChI=1S/C11H20O10S2/c1-6-9(22(14,15)20-7(2)10(12)18-4)23(16,17)21-8(3)11(13)19-5/h7-9H,6H2,1-5H3. The van der Waals surface area contributed by atoms with E-state index in [0.717, 1.165) is 28.1 Å². The molecule has 0 saturated carbocycles. The Morgan fingerprint density at radius 3 is 1.35 bits per heavy atom. The van der Waals surface area contributed by atoms with E-state index in [4.69, 9.17) is 0 Å². The molecule has 0 bridgehead atoms. The molecule has 0 aromatic carbocycles. The van der Waals surface area contributed by atoms with Gasteiger partial charge in [0.1, 0.15) is 0 Å². The molecule has 0 aliphatic carbocycles. The molecule has 10 nitrogen and oxygen atoms in total. The molecule has 0 spiro atoms. The molecule has 0 aromatic rings. The summed E-state index contributed by atoms with van der Waals surface area (Å²) in [5, 5.41) is 0. The normalized spacial score (nSPS) is 16.2. The van der Waals surface area contributed by atoms with Crippen molar-refractivity contribution in [1.29, 1.82) is 0 Å². The number of esters is 2. The predicted molar refractivity (Wildman–Crippen MR) is 77.0 cm³/mol. The molecule has 0 rings (SSSR count). The third kappa shape index (κ3) is 6.05. The van der Waals surface area contributed by atoms with E-state index >= 15 is 0 Å². The monoisotopic (exact) mass is 376 g/mol. The van der Waals surface area contributed by atoms with Crippen molar-refractivity contribution in [2.45, 2.75) is 44.0 Å². The van der Waals surface area contributed by atoms with Crippen molar-refractivity contribution in [2.24, 2.45) is 0 Å². The topological polar surface area (TPSA) is 139 Å². The Kier molecular flexibility index (Phi) is 8.11. The van der Waals surface area contributed by atoms with Crippen LogP contribution in [-0.4, -0.2) is 59.8 Å². The smallest absolute Gasteiger partial charge is 0.336 e. The van der Waals surface area contributed by atoms with Crippen LogP contribution < -0.4 is 0 Å². The highest BCUT2D eigenvalue weighted by Gasteiger charge is 2.42. The molecule has 0 N–H and O–H groups in total. The van der Waals surface area contributed by atoms with Gasteiger partial charge in [-0.1, -0.05) is 6.92 Å². The van der Waals surface area contributed by atoms with Crippen LogP contribution in [0.15, 0.2) is 0 Å². The number of rotatable bonds is 9. The van der Waals surface area contributed by atoms with Gasteiger partial charge in [-0.05, 0) is 20.3 Å². The van der Waals surface area contributed by atoms with E-state index in [-0.39, 0.29) is 0 Å². The van der Waals surface area contributed by atoms with Gasteiger partial charge in [-0.2, -0.15) is 16.8 Å². The van der Waals surface area contributed by atoms with Crippen LogP contribution in [0.3, 0.4) is 0 Å². The summed E-state index contributed by atoms with van der Waals surface area (Å²) in [4.78, 5) is 22.4. The number of methoxy groups -OCH3 is 2. The van der Waals surface area contributed by atoms with Crippen LogP contribution in [0, 0.1) is 0 Å². The molecule has 0 aliphatic heterocycles. The number of hydrogen-bond donors (Lipinski definition) is 0. The van der Waals surface area contributed by atoms with E-state index in [2.05, 4.69) is 17.8 Å². The summed E-state index contributed by atoms with van der Waals surface area (Å²) >= 11 is 0. The quantitative estimate of drug-likeness (QED) is 0.383. The first kappa shape index (κ1) is 21.8. The van der Waals surface area contributed by atoms with Crippen molar-refractivity contribution in [2.75, 3.05) is 14.2 Å². The Morgan fingerprint density at radius 2 is 1.13 bits per heavy atom. The average molecular weight is 376 g/mol. The summed E-state index contributed by atoms with van der Waals surface area (Å²) in [5.74, 6) is -1.99. The summed E-state index contributed by atoms with van der Waals surface area (Å²) < 4.78 is 63.7. The lowest BCUT2D eigenvalue weighted by atomic mass is 10.4. The Hall–Kier alpha value is -1.24. The van der Waals surface area contributed by atoms with Gasteiger partial charge >= 0.3 is 11.9 Å². The first-order valence-electron chi connectivity index (χ1n) is 6.42. The van der Waals surface area contributed by atoms with Gasteiger partial charge in [-0.25, -0.2) is 9.59 Å². The zero-order chi connectivity index (χ0) is 18.4. The van der Waals surface area contributed by atoms with Gasteiger partial charge in [-0.15, -0.1) is 0 Å². The average Bonchev–Trinajstić information content (AvgIpc) is 2.43. The molecular weight excluding hydrogens is 356 g/mol. The van der Waals surface area contributed by atoms with Crippen LogP contribution in [-0.2, 0) is 47.7 Å². The minimum absolute atomic E-state index is 0.424. The molecule has 136 valence electrons. The van der Waals surface area contributed by atoms with E-state index in [1.807, 2.05) is 0 Å². The van der Waals surface area contributed by atoms with Gasteiger partial charge in [-0.3, -0.25) is 8.37 Å². The van der Waals surface area contributed by atoms with Crippen molar-refractivity contribution in [1.82, 2.24) is 0 Å². The van der Waals surface area contributed by atoms with Gasteiger partial charge in [0.25, 0.3) is 20.2 Å². The molecule has 0 fully saturated rings. The molecule has 0 aliphatic rings. The molecule has 12 heteroatoms. The van der Waals surface area contributed by atoms with Gasteiger partial charge in [0, 0.05) is 0 Å². The number of carbonyl (C=O) groups excluding carboxylic acids is 2. The van der Waals surface area contributed by atoms with Crippen molar-refractivity contribution in [3.8, 4) is 0 Å². The minimum Gasteiger partial charge on any atom is -0.467 e. The van der Waals surface area contributed by atoms with Crippen LogP contribution in [0.5, 0.6) is 0 Å². The third-order valence-corrected chi connectivity index (χ3v) is 7.08. The largest absolute Gasteiger partial charge is 0.467 e. The van der Waals surface area contributed by atoms with Gasteiger partial charge < -0.3 is 9.47 Å². The second-order valence-corrected chi connectivity index (χ2v) is 8.14. The molecule has 0 aromatic heterocycles. The van der Waals surface area contributed by atoms with Crippen LogP contribution in [0.4, 0.5) is 0 Å². The highest BCUT2D eigenvalue weighted by Crippen LogP contribution is 2.20. The Labute approximate surface area is 135 Å². The molecule has 0 radical (unpaired) electrons. The molecule has 0 amide bonds. The maximum Gasteiger partial charge on any atom is 0.336 e. The zero-order valence-corrected chi connectivity index (χ0v) is 15.0. The second kappa shape index (κ2) is 8.57. The molecule has 23 heavy (non-hydrogen) atoms. The lowest BCUT2D eigenvalue weighted by Crippen LogP contribution is -2.39. The Balaban J connectivity index is 5.39. The van der Waals surface area contributed by atoms with E-state index in [9.17, 15) is 26.4 Å². The van der Waals surface area contributed by atoms with Crippen molar-refractivity contribution < 1.29 is 44.3 Å². The Morgan fingerprint density at radius 1 is 0.826 bits per heavy atom. The second-order valence-electron chi connectivity index (χ2n) is 4.35. The Bertz CT molecular complexity index is 567. The fraction of sp³-hybridized carbons (Fsp3) is 0.818. The fourth-order valence-corrected chi connectivity index (χ4v) is 4.94. The van der Waals surface area contributed by atoms with E-state index in [1.165, 1.54) is 6.92 Å². The van der Waals surface area contributed by atoms with Crippen LogP contribution in [0.2, 0.25) is 0 Å². The molecular formula is C11H20O10S2. The summed E-state index contributed by atoms with van der Waals surface area (Å²) in [5.41, 5.74) is 0. The van der Waals surface area contributed by atoms with Crippen LogP contribution >= 0.6 is 0 Å². The third-order valence-electron chi connectivity index (χ3n) is 2.60.